The molecule has 6 heteroatoms. The molecule has 0 fully saturated rings. The molecule has 1 heterocycles. The number of aromatic nitrogens is 2. The molecule has 0 saturated heterocycles. The number of hydrogen-bond donors (Lipinski definition) is 1. The zero-order valence-electron chi connectivity index (χ0n) is 10.7. The van der Waals surface area contributed by atoms with Gasteiger partial charge in [-0.3, -0.25) is 0 Å². The van der Waals surface area contributed by atoms with Crippen LogP contribution in [-0.2, 0) is 0 Å². The van der Waals surface area contributed by atoms with Crippen LogP contribution in [0.2, 0.25) is 5.02 Å². The molecular weight excluding hydrogens is 240 g/mol. The molecule has 0 amide bonds. The van der Waals surface area contributed by atoms with Gasteiger partial charge in [0.2, 0.25) is 0 Å². The molecule has 0 aromatic carbocycles. The summed E-state index contributed by atoms with van der Waals surface area (Å²) in [5.41, 5.74) is 0. The van der Waals surface area contributed by atoms with Crippen molar-refractivity contribution in [3.05, 3.63) is 11.2 Å². The summed E-state index contributed by atoms with van der Waals surface area (Å²) in [7, 11) is 3.61. The molecule has 0 aliphatic carbocycles. The Balaban J connectivity index is 2.51. The predicted molar refractivity (Wildman–Crippen MR) is 69.8 cm³/mol. The van der Waals surface area contributed by atoms with E-state index in [1.54, 1.807) is 0 Å². The monoisotopic (exact) mass is 258 g/mol. The van der Waals surface area contributed by atoms with Crippen LogP contribution in [0.4, 0.5) is 5.82 Å². The van der Waals surface area contributed by atoms with Crippen LogP contribution in [-0.4, -0.2) is 48.2 Å². The smallest absolute Gasteiger partial charge is 0.318 e. The van der Waals surface area contributed by atoms with Crippen LogP contribution in [0.1, 0.15) is 13.8 Å². The van der Waals surface area contributed by atoms with Gasteiger partial charge in [-0.05, 0) is 20.9 Å². The van der Waals surface area contributed by atoms with E-state index in [4.69, 9.17) is 16.3 Å². The molecule has 5 nitrogen and oxygen atoms in total. The minimum atomic E-state index is 0.314. The molecule has 0 unspecified atom stereocenters. The van der Waals surface area contributed by atoms with E-state index in [0.29, 0.717) is 22.9 Å². The van der Waals surface area contributed by atoms with Crippen molar-refractivity contribution in [1.82, 2.24) is 14.9 Å². The van der Waals surface area contributed by atoms with Crippen molar-refractivity contribution in [3.63, 3.8) is 0 Å². The van der Waals surface area contributed by atoms with Gasteiger partial charge in [0.1, 0.15) is 5.02 Å². The fraction of sp³-hybridized carbons (Fsp3) is 0.636. The number of nitrogens with zero attached hydrogens (tertiary/aromatic N) is 3. The Hall–Kier alpha value is -1.07. The van der Waals surface area contributed by atoms with E-state index in [0.717, 1.165) is 13.1 Å². The highest BCUT2D eigenvalue weighted by Gasteiger charge is 2.06. The van der Waals surface area contributed by atoms with E-state index in [-0.39, 0.29) is 0 Å². The van der Waals surface area contributed by atoms with Gasteiger partial charge in [-0.25, -0.2) is 4.98 Å². The van der Waals surface area contributed by atoms with Gasteiger partial charge in [0, 0.05) is 19.1 Å². The normalized spacial score (nSPS) is 11.0. The summed E-state index contributed by atoms with van der Waals surface area (Å²) in [6.07, 6.45) is 1.53. The predicted octanol–water partition coefficient (Wildman–Crippen LogP) is 1.89. The molecule has 0 radical (unpaired) electrons. The van der Waals surface area contributed by atoms with Crippen LogP contribution >= 0.6 is 11.6 Å². The molecule has 17 heavy (non-hydrogen) atoms. The molecule has 1 aromatic heterocycles. The molecule has 1 aromatic rings. The Morgan fingerprint density at radius 2 is 2.24 bits per heavy atom. The quantitative estimate of drug-likeness (QED) is 0.845. The fourth-order valence-corrected chi connectivity index (χ4v) is 1.34. The van der Waals surface area contributed by atoms with E-state index in [1.165, 1.54) is 13.3 Å². The number of anilines is 1. The number of methoxy groups -OCH3 is 1. The van der Waals surface area contributed by atoms with E-state index >= 15 is 0 Å². The molecule has 0 atom stereocenters. The van der Waals surface area contributed by atoms with Crippen LogP contribution in [0.3, 0.4) is 0 Å². The summed E-state index contributed by atoms with van der Waals surface area (Å²) in [5, 5.41) is 3.67. The van der Waals surface area contributed by atoms with Gasteiger partial charge in [0.05, 0.1) is 13.3 Å². The third kappa shape index (κ3) is 4.36. The van der Waals surface area contributed by atoms with Crippen molar-refractivity contribution in [2.24, 2.45) is 0 Å². The standard InChI is InChI=1S/C11H19ClN4O/c1-8(2)16(3)6-5-13-10-9(12)7-14-11(15-10)17-4/h7-8H,5-6H2,1-4H3,(H,13,14,15). The Labute approximate surface area is 107 Å². The summed E-state index contributed by atoms with van der Waals surface area (Å²) < 4.78 is 4.94. The lowest BCUT2D eigenvalue weighted by molar-refractivity contribution is 0.284. The second kappa shape index (κ2) is 6.61. The van der Waals surface area contributed by atoms with Crippen molar-refractivity contribution in [2.75, 3.05) is 32.6 Å². The Morgan fingerprint density at radius 3 is 2.82 bits per heavy atom. The molecule has 0 aliphatic rings. The highest BCUT2D eigenvalue weighted by atomic mass is 35.5. The van der Waals surface area contributed by atoms with Crippen molar-refractivity contribution >= 4 is 17.4 Å². The first-order valence-electron chi connectivity index (χ1n) is 5.55. The highest BCUT2D eigenvalue weighted by Crippen LogP contribution is 2.19. The molecule has 0 aliphatic heterocycles. The molecule has 1 rings (SSSR count). The lowest BCUT2D eigenvalue weighted by Crippen LogP contribution is -2.31. The lowest BCUT2D eigenvalue weighted by Gasteiger charge is -2.21. The number of halogens is 1. The van der Waals surface area contributed by atoms with Gasteiger partial charge in [-0.1, -0.05) is 11.6 Å². The number of rotatable bonds is 6. The van der Waals surface area contributed by atoms with E-state index in [9.17, 15) is 0 Å². The second-order valence-electron chi connectivity index (χ2n) is 4.05. The van der Waals surface area contributed by atoms with E-state index < -0.39 is 0 Å². The first-order valence-corrected chi connectivity index (χ1v) is 5.93. The number of nitrogens with one attached hydrogen (secondary N) is 1. The van der Waals surface area contributed by atoms with Crippen LogP contribution in [0.15, 0.2) is 6.20 Å². The maximum atomic E-state index is 5.97. The minimum Gasteiger partial charge on any atom is -0.467 e. The summed E-state index contributed by atoms with van der Waals surface area (Å²) >= 11 is 5.97. The largest absolute Gasteiger partial charge is 0.467 e. The summed E-state index contributed by atoms with van der Waals surface area (Å²) in [6.45, 7) is 6.00. The number of ether oxygens (including phenoxy) is 1. The Morgan fingerprint density at radius 1 is 1.53 bits per heavy atom. The third-order valence-corrected chi connectivity index (χ3v) is 2.82. The molecular formula is C11H19ClN4O. The first-order chi connectivity index (χ1) is 8.04. The number of hydrogen-bond acceptors (Lipinski definition) is 5. The van der Waals surface area contributed by atoms with E-state index in [1.807, 2.05) is 0 Å². The topological polar surface area (TPSA) is 50.3 Å². The zero-order valence-corrected chi connectivity index (χ0v) is 11.5. The lowest BCUT2D eigenvalue weighted by atomic mass is 10.3. The minimum absolute atomic E-state index is 0.314. The van der Waals surface area contributed by atoms with Gasteiger partial charge < -0.3 is 15.0 Å². The molecule has 0 saturated carbocycles. The van der Waals surface area contributed by atoms with Crippen LogP contribution in [0.5, 0.6) is 6.01 Å². The van der Waals surface area contributed by atoms with Crippen LogP contribution in [0.25, 0.3) is 0 Å². The summed E-state index contributed by atoms with van der Waals surface area (Å²) in [5.74, 6) is 0.607. The third-order valence-electron chi connectivity index (χ3n) is 2.54. The van der Waals surface area contributed by atoms with Crippen LogP contribution < -0.4 is 10.1 Å². The molecule has 96 valence electrons. The highest BCUT2D eigenvalue weighted by molar-refractivity contribution is 6.32. The maximum absolute atomic E-state index is 5.97. The SMILES string of the molecule is COc1ncc(Cl)c(NCCN(C)C(C)C)n1. The Kier molecular flexibility index (Phi) is 5.44. The van der Waals surface area contributed by atoms with Crippen molar-refractivity contribution in [3.8, 4) is 6.01 Å². The van der Waals surface area contributed by atoms with Crippen LogP contribution in [0, 0.1) is 0 Å². The number of likely N-dealkylation sites (N-methyl/N-ethyl adjacent to an activating group) is 1. The van der Waals surface area contributed by atoms with Crippen molar-refractivity contribution < 1.29 is 4.74 Å². The molecule has 1 N–H and O–H groups in total. The Bertz CT molecular complexity index is 359. The first kappa shape index (κ1) is 14.0. The van der Waals surface area contributed by atoms with Gasteiger partial charge in [0.15, 0.2) is 5.82 Å². The van der Waals surface area contributed by atoms with Gasteiger partial charge in [0.25, 0.3) is 0 Å². The van der Waals surface area contributed by atoms with Crippen molar-refractivity contribution in [1.29, 1.82) is 0 Å². The van der Waals surface area contributed by atoms with Gasteiger partial charge in [-0.2, -0.15) is 4.98 Å². The maximum Gasteiger partial charge on any atom is 0.318 e. The summed E-state index contributed by atoms with van der Waals surface area (Å²) in [4.78, 5) is 10.3. The molecule has 0 spiro atoms. The second-order valence-corrected chi connectivity index (χ2v) is 4.46. The van der Waals surface area contributed by atoms with Gasteiger partial charge >= 0.3 is 6.01 Å². The van der Waals surface area contributed by atoms with Crippen molar-refractivity contribution in [2.45, 2.75) is 19.9 Å². The summed E-state index contributed by atoms with van der Waals surface area (Å²) in [6, 6.07) is 0.835. The van der Waals surface area contributed by atoms with E-state index in [2.05, 4.69) is 41.1 Å². The van der Waals surface area contributed by atoms with Gasteiger partial charge in [-0.15, -0.1) is 0 Å². The average molecular weight is 259 g/mol. The fourth-order valence-electron chi connectivity index (χ4n) is 1.18. The zero-order chi connectivity index (χ0) is 12.8. The average Bonchev–Trinajstić information content (AvgIpc) is 2.31. The molecule has 0 bridgehead atoms.